The van der Waals surface area contributed by atoms with Gasteiger partial charge >= 0.3 is 0 Å². The summed E-state index contributed by atoms with van der Waals surface area (Å²) < 4.78 is 0. The van der Waals surface area contributed by atoms with Crippen LogP contribution in [0.4, 0.5) is 0 Å². The van der Waals surface area contributed by atoms with Crippen LogP contribution in [0.15, 0.2) is 18.2 Å². The molecule has 2 rings (SSSR count). The summed E-state index contributed by atoms with van der Waals surface area (Å²) in [6.45, 7) is 9.25. The number of aryl methyl sites for hydroxylation is 2. The van der Waals surface area contributed by atoms with Gasteiger partial charge in [-0.05, 0) is 82.2 Å². The van der Waals surface area contributed by atoms with E-state index < -0.39 is 0 Å². The van der Waals surface area contributed by atoms with E-state index in [1.54, 1.807) is 0 Å². The quantitative estimate of drug-likeness (QED) is 0.764. The lowest BCUT2D eigenvalue weighted by atomic mass is 9.85. The highest BCUT2D eigenvalue weighted by molar-refractivity contribution is 5.37. The highest BCUT2D eigenvalue weighted by Crippen LogP contribution is 2.32. The molecule has 1 unspecified atom stereocenters. The summed E-state index contributed by atoms with van der Waals surface area (Å²) in [6.07, 6.45) is 7.53. The second-order valence-electron chi connectivity index (χ2n) is 7.77. The Labute approximate surface area is 143 Å². The maximum atomic E-state index is 4.01. The van der Waals surface area contributed by atoms with Crippen molar-refractivity contribution < 1.29 is 0 Å². The van der Waals surface area contributed by atoms with E-state index in [9.17, 15) is 0 Å². The predicted molar refractivity (Wildman–Crippen MR) is 101 cm³/mol. The molecule has 0 heterocycles. The van der Waals surface area contributed by atoms with Gasteiger partial charge in [-0.25, -0.2) is 0 Å². The molecule has 0 aliphatic heterocycles. The Bertz CT molecular complexity index is 501. The van der Waals surface area contributed by atoms with Crippen LogP contribution in [0.3, 0.4) is 0 Å². The van der Waals surface area contributed by atoms with E-state index >= 15 is 0 Å². The van der Waals surface area contributed by atoms with Crippen molar-refractivity contribution in [3.8, 4) is 0 Å². The Kier molecular flexibility index (Phi) is 6.27. The van der Waals surface area contributed by atoms with Crippen molar-refractivity contribution >= 4 is 0 Å². The third kappa shape index (κ3) is 4.16. The van der Waals surface area contributed by atoms with Gasteiger partial charge in [-0.3, -0.25) is 10.2 Å². The molecule has 1 N–H and O–H groups in total. The lowest BCUT2D eigenvalue weighted by Crippen LogP contribution is -2.55. The molecule has 0 spiro atoms. The Morgan fingerprint density at radius 1 is 1.09 bits per heavy atom. The van der Waals surface area contributed by atoms with Crippen LogP contribution in [0.5, 0.6) is 0 Å². The molecule has 0 aromatic heterocycles. The first-order valence-electron chi connectivity index (χ1n) is 9.48. The number of benzene rings is 1. The first kappa shape index (κ1) is 18.5. The summed E-state index contributed by atoms with van der Waals surface area (Å²) in [7, 11) is 4.40. The second-order valence-corrected chi connectivity index (χ2v) is 7.77. The van der Waals surface area contributed by atoms with E-state index in [1.807, 2.05) is 0 Å². The molecule has 1 saturated carbocycles. The number of rotatable bonds is 6. The Morgan fingerprint density at radius 3 is 2.26 bits per heavy atom. The van der Waals surface area contributed by atoms with Crippen molar-refractivity contribution in [2.24, 2.45) is 5.92 Å². The monoisotopic (exact) mass is 316 g/mol. The molecule has 1 aromatic carbocycles. The third-order valence-electron chi connectivity index (χ3n) is 5.88. The molecule has 0 saturated heterocycles. The zero-order valence-corrected chi connectivity index (χ0v) is 16.1. The summed E-state index contributed by atoms with van der Waals surface area (Å²) in [5.74, 6) is 0.897. The van der Waals surface area contributed by atoms with Gasteiger partial charge in [0.2, 0.25) is 0 Å². The van der Waals surface area contributed by atoms with Crippen LogP contribution in [0.1, 0.15) is 70.1 Å². The van der Waals surface area contributed by atoms with Crippen molar-refractivity contribution in [2.45, 2.75) is 77.9 Å². The van der Waals surface area contributed by atoms with E-state index in [4.69, 9.17) is 0 Å². The van der Waals surface area contributed by atoms with E-state index in [0.29, 0.717) is 6.04 Å². The Hall–Kier alpha value is -0.860. The Balaban J connectivity index is 2.29. The summed E-state index contributed by atoms with van der Waals surface area (Å²) in [5, 5.41) is 4.01. The molecule has 1 aromatic rings. The molecule has 23 heavy (non-hydrogen) atoms. The van der Waals surface area contributed by atoms with Gasteiger partial charge in [-0.15, -0.1) is 0 Å². The van der Waals surface area contributed by atoms with Gasteiger partial charge in [0.1, 0.15) is 0 Å². The van der Waals surface area contributed by atoms with Crippen LogP contribution in [-0.4, -0.2) is 25.0 Å². The van der Waals surface area contributed by atoms with Crippen LogP contribution in [0, 0.1) is 5.92 Å². The fourth-order valence-corrected chi connectivity index (χ4v) is 3.88. The lowest BCUT2D eigenvalue weighted by molar-refractivity contribution is 0.0951. The Morgan fingerprint density at radius 2 is 1.74 bits per heavy atom. The number of hydrogen-bond donors (Lipinski definition) is 1. The van der Waals surface area contributed by atoms with Gasteiger partial charge in [-0.2, -0.15) is 0 Å². The SMILES string of the molecule is CCc1ccc(C(C)(NC2CCC(C)CC2)N(C)C)c(CC)c1. The van der Waals surface area contributed by atoms with Crippen molar-refractivity contribution in [1.82, 2.24) is 10.2 Å². The van der Waals surface area contributed by atoms with E-state index in [-0.39, 0.29) is 5.66 Å². The van der Waals surface area contributed by atoms with Crippen LogP contribution < -0.4 is 5.32 Å². The van der Waals surface area contributed by atoms with Crippen molar-refractivity contribution in [3.05, 3.63) is 34.9 Å². The topological polar surface area (TPSA) is 15.3 Å². The predicted octanol–water partition coefficient (Wildman–Crippen LogP) is 4.71. The van der Waals surface area contributed by atoms with E-state index in [1.165, 1.54) is 42.4 Å². The molecule has 0 amide bonds. The normalized spacial score (nSPS) is 24.7. The molecule has 0 bridgehead atoms. The first-order valence-corrected chi connectivity index (χ1v) is 9.48. The number of nitrogens with one attached hydrogen (secondary N) is 1. The third-order valence-corrected chi connectivity index (χ3v) is 5.88. The average Bonchev–Trinajstić information content (AvgIpc) is 2.56. The highest BCUT2D eigenvalue weighted by atomic mass is 15.3. The zero-order valence-electron chi connectivity index (χ0n) is 16.1. The van der Waals surface area contributed by atoms with Crippen LogP contribution in [-0.2, 0) is 18.5 Å². The zero-order chi connectivity index (χ0) is 17.0. The largest absolute Gasteiger partial charge is 0.293 e. The van der Waals surface area contributed by atoms with Crippen LogP contribution in [0.2, 0.25) is 0 Å². The molecule has 130 valence electrons. The fraction of sp³-hybridized carbons (Fsp3) is 0.714. The van der Waals surface area contributed by atoms with Crippen LogP contribution in [0.25, 0.3) is 0 Å². The minimum atomic E-state index is -0.0944. The van der Waals surface area contributed by atoms with Gasteiger partial charge in [0, 0.05) is 6.04 Å². The van der Waals surface area contributed by atoms with Gasteiger partial charge in [0.15, 0.2) is 0 Å². The molecule has 0 radical (unpaired) electrons. The molecule has 1 atom stereocenters. The van der Waals surface area contributed by atoms with Gasteiger partial charge in [0.05, 0.1) is 5.66 Å². The molecule has 1 fully saturated rings. The maximum absolute atomic E-state index is 4.01. The first-order chi connectivity index (χ1) is 10.9. The molecule has 2 nitrogen and oxygen atoms in total. The van der Waals surface area contributed by atoms with E-state index in [2.05, 4.69) is 70.2 Å². The highest BCUT2D eigenvalue weighted by Gasteiger charge is 2.34. The standard InChI is InChI=1S/C21H36N2/c1-7-17-11-14-20(18(8-2)15-17)21(4,23(5)6)22-19-12-9-16(3)10-13-19/h11,14-16,19,22H,7-10,12-13H2,1-6H3. The number of nitrogens with zero attached hydrogens (tertiary/aromatic N) is 1. The summed E-state index contributed by atoms with van der Waals surface area (Å²) in [4.78, 5) is 2.35. The molecule has 1 aliphatic rings. The molecule has 2 heteroatoms. The minimum Gasteiger partial charge on any atom is -0.293 e. The van der Waals surface area contributed by atoms with E-state index in [0.717, 1.165) is 18.8 Å². The van der Waals surface area contributed by atoms with Gasteiger partial charge in [-0.1, -0.05) is 39.0 Å². The van der Waals surface area contributed by atoms with Gasteiger partial charge in [0.25, 0.3) is 0 Å². The smallest absolute Gasteiger partial charge is 0.0945 e. The lowest BCUT2D eigenvalue weighted by Gasteiger charge is -2.43. The van der Waals surface area contributed by atoms with Gasteiger partial charge < -0.3 is 0 Å². The minimum absolute atomic E-state index is 0.0944. The maximum Gasteiger partial charge on any atom is 0.0945 e. The number of hydrogen-bond acceptors (Lipinski definition) is 2. The summed E-state index contributed by atoms with van der Waals surface area (Å²) in [5.41, 5.74) is 4.28. The average molecular weight is 317 g/mol. The second kappa shape index (κ2) is 7.81. The summed E-state index contributed by atoms with van der Waals surface area (Å²) in [6, 6.07) is 7.70. The van der Waals surface area contributed by atoms with Crippen LogP contribution >= 0.6 is 0 Å². The van der Waals surface area contributed by atoms with Crippen molar-refractivity contribution in [3.63, 3.8) is 0 Å². The summed E-state index contributed by atoms with van der Waals surface area (Å²) >= 11 is 0. The molecule has 1 aliphatic carbocycles. The fourth-order valence-electron chi connectivity index (χ4n) is 3.88. The molecular weight excluding hydrogens is 280 g/mol. The van der Waals surface area contributed by atoms with Crippen molar-refractivity contribution in [1.29, 1.82) is 0 Å². The molecular formula is C21H36N2. The van der Waals surface area contributed by atoms with Crippen molar-refractivity contribution in [2.75, 3.05) is 14.1 Å².